The Morgan fingerprint density at radius 1 is 0.931 bits per heavy atom. The molecule has 1 heterocycles. The first kappa shape index (κ1) is 20.8. The molecule has 0 atom stereocenters. The van der Waals surface area contributed by atoms with Gasteiger partial charge in [0.2, 0.25) is 0 Å². The summed E-state index contributed by atoms with van der Waals surface area (Å²) in [6, 6.07) is 16.2. The van der Waals surface area contributed by atoms with Crippen molar-refractivity contribution in [3.05, 3.63) is 65.8 Å². The zero-order valence-corrected chi connectivity index (χ0v) is 17.5. The third-order valence-electron chi connectivity index (χ3n) is 3.64. The average molecular weight is 450 g/mol. The number of hydrogen-bond donors (Lipinski definition) is 3. The Morgan fingerprint density at radius 2 is 1.52 bits per heavy atom. The van der Waals surface area contributed by atoms with Crippen LogP contribution in [-0.4, -0.2) is 30.8 Å². The summed E-state index contributed by atoms with van der Waals surface area (Å²) in [4.78, 5) is 0.0637. The first-order chi connectivity index (χ1) is 13.9. The number of anilines is 3. The molecule has 0 radical (unpaired) electrons. The van der Waals surface area contributed by atoms with E-state index in [-0.39, 0.29) is 15.9 Å². The molecule has 0 aliphatic carbocycles. The summed E-state index contributed by atoms with van der Waals surface area (Å²) in [6.45, 7) is 0. The minimum atomic E-state index is -3.81. The van der Waals surface area contributed by atoms with Crippen LogP contribution in [0.25, 0.3) is 0 Å². The number of hydrogen-bond acceptors (Lipinski definition) is 6. The zero-order valence-electron chi connectivity index (χ0n) is 15.1. The predicted octanol–water partition coefficient (Wildman–Crippen LogP) is 3.75. The van der Waals surface area contributed by atoms with Crippen molar-refractivity contribution >= 4 is 56.1 Å². The number of methoxy groups -OCH3 is 1. The van der Waals surface area contributed by atoms with Gasteiger partial charge in [-0.3, -0.25) is 4.72 Å². The smallest absolute Gasteiger partial charge is 0.263 e. The first-order valence-corrected chi connectivity index (χ1v) is 10.5. The Balaban J connectivity index is 1.62. The summed E-state index contributed by atoms with van der Waals surface area (Å²) in [6.07, 6.45) is 0. The minimum absolute atomic E-state index is 0.0637. The number of aromatic nitrogens is 2. The summed E-state index contributed by atoms with van der Waals surface area (Å²) < 4.78 is 32.3. The Hall–Kier alpha value is -2.95. The number of nitrogens with one attached hydrogen (secondary N) is 3. The van der Waals surface area contributed by atoms with Crippen LogP contribution < -0.4 is 20.1 Å². The number of benzene rings is 2. The second-order valence-corrected chi connectivity index (χ2v) is 8.16. The molecule has 29 heavy (non-hydrogen) atoms. The van der Waals surface area contributed by atoms with Crippen LogP contribution in [0.5, 0.6) is 5.75 Å². The monoisotopic (exact) mass is 449 g/mol. The summed E-state index contributed by atoms with van der Waals surface area (Å²) in [5, 5.41) is 13.8. The van der Waals surface area contributed by atoms with Crippen LogP contribution in [-0.2, 0) is 10.0 Å². The molecule has 0 spiro atoms. The van der Waals surface area contributed by atoms with Gasteiger partial charge in [-0.2, -0.15) is 0 Å². The maximum Gasteiger partial charge on any atom is 0.263 e. The quantitative estimate of drug-likeness (QED) is 0.488. The molecular formula is C18H16ClN5O3S2. The van der Waals surface area contributed by atoms with Gasteiger partial charge in [0.1, 0.15) is 5.75 Å². The van der Waals surface area contributed by atoms with Gasteiger partial charge >= 0.3 is 0 Å². The van der Waals surface area contributed by atoms with E-state index in [2.05, 4.69) is 25.6 Å². The van der Waals surface area contributed by atoms with Gasteiger partial charge in [0.05, 0.1) is 12.0 Å². The molecule has 3 aromatic rings. The number of sulfonamides is 1. The molecule has 0 fully saturated rings. The van der Waals surface area contributed by atoms with E-state index in [0.717, 1.165) is 11.4 Å². The van der Waals surface area contributed by atoms with Crippen molar-refractivity contribution < 1.29 is 13.2 Å². The van der Waals surface area contributed by atoms with Crippen LogP contribution in [0.3, 0.4) is 0 Å². The van der Waals surface area contributed by atoms with Crippen molar-refractivity contribution in [3.8, 4) is 5.75 Å². The Morgan fingerprint density at radius 3 is 2.03 bits per heavy atom. The second-order valence-electron chi connectivity index (χ2n) is 5.68. The zero-order chi connectivity index (χ0) is 20.9. The molecule has 2 aromatic carbocycles. The molecule has 0 unspecified atom stereocenters. The fraction of sp³-hybridized carbons (Fsp3) is 0.0556. The van der Waals surface area contributed by atoms with Crippen molar-refractivity contribution in [1.29, 1.82) is 0 Å². The largest absolute Gasteiger partial charge is 0.497 e. The molecule has 1 aromatic heterocycles. The maximum atomic E-state index is 12.4. The average Bonchev–Trinajstić information content (AvgIpc) is 2.70. The highest BCUT2D eigenvalue weighted by Crippen LogP contribution is 2.19. The molecule has 3 N–H and O–H groups in total. The molecule has 150 valence electrons. The van der Waals surface area contributed by atoms with Gasteiger partial charge < -0.3 is 15.4 Å². The first-order valence-electron chi connectivity index (χ1n) is 8.20. The highest BCUT2D eigenvalue weighted by atomic mass is 35.5. The molecule has 0 amide bonds. The normalized spacial score (nSPS) is 10.8. The highest BCUT2D eigenvalue weighted by Gasteiger charge is 2.15. The van der Waals surface area contributed by atoms with Gasteiger partial charge in [0.25, 0.3) is 10.0 Å². The number of ether oxygens (including phenoxy) is 1. The van der Waals surface area contributed by atoms with Crippen molar-refractivity contribution in [1.82, 2.24) is 10.2 Å². The molecule has 0 saturated heterocycles. The molecule has 0 saturated carbocycles. The van der Waals surface area contributed by atoms with E-state index >= 15 is 0 Å². The molecule has 0 bridgehead atoms. The van der Waals surface area contributed by atoms with Crippen molar-refractivity contribution in [3.63, 3.8) is 0 Å². The molecular weight excluding hydrogens is 434 g/mol. The minimum Gasteiger partial charge on any atom is -0.497 e. The van der Waals surface area contributed by atoms with E-state index in [4.69, 9.17) is 28.6 Å². The van der Waals surface area contributed by atoms with Crippen molar-refractivity contribution in [2.24, 2.45) is 0 Å². The summed E-state index contributed by atoms with van der Waals surface area (Å²) in [5.41, 5.74) is 1.41. The lowest BCUT2D eigenvalue weighted by Gasteiger charge is -2.12. The van der Waals surface area contributed by atoms with Crippen LogP contribution in [0.2, 0.25) is 5.15 Å². The maximum absolute atomic E-state index is 12.4. The SMILES string of the molecule is COc1ccc(NC(=S)Nc2ccc(S(=O)(=O)Nc3ccc(Cl)nn3)cc2)cc1. The van der Waals surface area contributed by atoms with Gasteiger partial charge in [-0.05, 0) is 72.9 Å². The number of rotatable bonds is 6. The summed E-state index contributed by atoms with van der Waals surface area (Å²) >= 11 is 10.9. The van der Waals surface area contributed by atoms with Crippen molar-refractivity contribution in [2.75, 3.05) is 22.5 Å². The van der Waals surface area contributed by atoms with E-state index < -0.39 is 10.0 Å². The number of halogens is 1. The number of nitrogens with zero attached hydrogens (tertiary/aromatic N) is 2. The predicted molar refractivity (Wildman–Crippen MR) is 117 cm³/mol. The van der Waals surface area contributed by atoms with Crippen LogP contribution in [0.15, 0.2) is 65.6 Å². The standard InChI is InChI=1S/C18H16ClN5O3S2/c1-27-14-6-2-12(3-7-14)20-18(28)21-13-4-8-15(9-5-13)29(25,26)24-17-11-10-16(19)22-23-17/h2-11H,1H3,(H,23,24)(H2,20,21,28). The molecule has 0 aliphatic rings. The van der Waals surface area contributed by atoms with Gasteiger partial charge in [-0.15, -0.1) is 10.2 Å². The summed E-state index contributed by atoms with van der Waals surface area (Å²) in [5.74, 6) is 0.811. The Kier molecular flexibility index (Phi) is 6.47. The molecule has 0 aliphatic heterocycles. The lowest BCUT2D eigenvalue weighted by atomic mass is 10.3. The lowest BCUT2D eigenvalue weighted by Crippen LogP contribution is -2.19. The summed E-state index contributed by atoms with van der Waals surface area (Å²) in [7, 11) is -2.22. The number of thiocarbonyl (C=S) groups is 1. The van der Waals surface area contributed by atoms with E-state index in [9.17, 15) is 8.42 Å². The Labute approximate surface area is 178 Å². The molecule has 8 nitrogen and oxygen atoms in total. The molecule has 3 rings (SSSR count). The van der Waals surface area contributed by atoms with Crippen LogP contribution in [0.4, 0.5) is 17.2 Å². The topological polar surface area (TPSA) is 105 Å². The molecule has 11 heteroatoms. The fourth-order valence-corrected chi connectivity index (χ4v) is 3.59. The second kappa shape index (κ2) is 9.03. The van der Waals surface area contributed by atoms with E-state index in [1.807, 2.05) is 24.3 Å². The van der Waals surface area contributed by atoms with Crippen molar-refractivity contribution in [2.45, 2.75) is 4.90 Å². The highest BCUT2D eigenvalue weighted by molar-refractivity contribution is 7.92. The van der Waals surface area contributed by atoms with E-state index in [1.54, 1.807) is 19.2 Å². The Bertz CT molecular complexity index is 1090. The van der Waals surface area contributed by atoms with Crippen LogP contribution in [0, 0.1) is 0 Å². The third-order valence-corrected chi connectivity index (χ3v) is 5.42. The fourth-order valence-electron chi connectivity index (χ4n) is 2.25. The third kappa shape index (κ3) is 5.76. The van der Waals surface area contributed by atoms with Crippen LogP contribution in [0.1, 0.15) is 0 Å². The van der Waals surface area contributed by atoms with Gasteiger partial charge in [-0.1, -0.05) is 11.6 Å². The van der Waals surface area contributed by atoms with E-state index in [0.29, 0.717) is 10.8 Å². The van der Waals surface area contributed by atoms with Crippen LogP contribution >= 0.6 is 23.8 Å². The van der Waals surface area contributed by atoms with Gasteiger partial charge in [0, 0.05) is 11.4 Å². The lowest BCUT2D eigenvalue weighted by molar-refractivity contribution is 0.415. The van der Waals surface area contributed by atoms with Gasteiger partial charge in [-0.25, -0.2) is 8.42 Å². The van der Waals surface area contributed by atoms with Gasteiger partial charge in [0.15, 0.2) is 16.1 Å². The van der Waals surface area contributed by atoms with E-state index in [1.165, 1.54) is 24.3 Å².